The number of nitrogens with two attached hydrogens (primary N) is 1. The van der Waals surface area contributed by atoms with E-state index < -0.39 is 0 Å². The lowest BCUT2D eigenvalue weighted by molar-refractivity contribution is 0.356. The molecule has 0 saturated carbocycles. The van der Waals surface area contributed by atoms with E-state index in [0.717, 1.165) is 23.7 Å². The maximum atomic E-state index is 6.17. The number of hydrogen-bond acceptors (Lipinski definition) is 2. The minimum atomic E-state index is 0.261. The highest BCUT2D eigenvalue weighted by molar-refractivity contribution is 6.31. The zero-order valence-corrected chi connectivity index (χ0v) is 11.7. The van der Waals surface area contributed by atoms with Gasteiger partial charge in [0.05, 0.1) is 0 Å². The van der Waals surface area contributed by atoms with Gasteiger partial charge in [-0.15, -0.1) is 0 Å². The van der Waals surface area contributed by atoms with E-state index in [-0.39, 0.29) is 6.04 Å². The summed E-state index contributed by atoms with van der Waals surface area (Å²) in [5, 5.41) is 4.33. The van der Waals surface area contributed by atoms with Crippen molar-refractivity contribution in [1.82, 2.24) is 5.32 Å². The Hall–Kier alpha value is -0.570. The molecule has 0 saturated heterocycles. The average molecular weight is 255 g/mol. The molecule has 0 spiro atoms. The van der Waals surface area contributed by atoms with Gasteiger partial charge in [0, 0.05) is 11.1 Å². The van der Waals surface area contributed by atoms with Gasteiger partial charge in [-0.2, -0.15) is 0 Å². The minimum Gasteiger partial charge on any atom is -0.330 e. The molecule has 3 N–H and O–H groups in total. The van der Waals surface area contributed by atoms with Gasteiger partial charge in [-0.3, -0.25) is 0 Å². The van der Waals surface area contributed by atoms with Crippen LogP contribution in [0, 0.1) is 11.8 Å². The molecule has 1 aromatic rings. The summed E-state index contributed by atoms with van der Waals surface area (Å²) in [7, 11) is 0. The van der Waals surface area contributed by atoms with Crippen LogP contribution < -0.4 is 11.1 Å². The van der Waals surface area contributed by atoms with E-state index in [1.807, 2.05) is 18.2 Å². The number of rotatable bonds is 6. The molecule has 1 unspecified atom stereocenters. The van der Waals surface area contributed by atoms with Crippen LogP contribution in [0.25, 0.3) is 0 Å². The first-order chi connectivity index (χ1) is 8.06. The topological polar surface area (TPSA) is 38.0 Å². The summed E-state index contributed by atoms with van der Waals surface area (Å²) in [5.41, 5.74) is 6.91. The highest BCUT2D eigenvalue weighted by Crippen LogP contribution is 2.22. The molecule has 2 atom stereocenters. The van der Waals surface area contributed by atoms with Gasteiger partial charge in [0.25, 0.3) is 0 Å². The summed E-state index contributed by atoms with van der Waals surface area (Å²) in [4.78, 5) is 0. The van der Waals surface area contributed by atoms with E-state index in [4.69, 9.17) is 17.3 Å². The van der Waals surface area contributed by atoms with Crippen LogP contribution >= 0.6 is 11.6 Å². The summed E-state index contributed by atoms with van der Waals surface area (Å²) in [6.07, 6.45) is 0. The van der Waals surface area contributed by atoms with Gasteiger partial charge in [-0.25, -0.2) is 0 Å². The van der Waals surface area contributed by atoms with Gasteiger partial charge >= 0.3 is 0 Å². The van der Waals surface area contributed by atoms with Crippen molar-refractivity contribution in [1.29, 1.82) is 0 Å². The van der Waals surface area contributed by atoms with Crippen LogP contribution in [-0.4, -0.2) is 13.1 Å². The lowest BCUT2D eigenvalue weighted by Gasteiger charge is -2.23. The molecule has 1 aromatic carbocycles. The Bertz CT molecular complexity index is 339. The van der Waals surface area contributed by atoms with E-state index in [1.54, 1.807) is 0 Å². The van der Waals surface area contributed by atoms with Crippen molar-refractivity contribution >= 4 is 11.6 Å². The molecule has 0 radical (unpaired) electrons. The van der Waals surface area contributed by atoms with Crippen LogP contribution in [0.3, 0.4) is 0 Å². The minimum absolute atomic E-state index is 0.261. The largest absolute Gasteiger partial charge is 0.330 e. The van der Waals surface area contributed by atoms with Crippen molar-refractivity contribution in [3.05, 3.63) is 34.9 Å². The van der Waals surface area contributed by atoms with Crippen molar-refractivity contribution in [2.75, 3.05) is 13.1 Å². The van der Waals surface area contributed by atoms with Gasteiger partial charge in [0.2, 0.25) is 0 Å². The number of benzene rings is 1. The molecule has 0 aliphatic carbocycles. The molecule has 17 heavy (non-hydrogen) atoms. The first-order valence-corrected chi connectivity index (χ1v) is 6.62. The van der Waals surface area contributed by atoms with Gasteiger partial charge in [0.15, 0.2) is 0 Å². The van der Waals surface area contributed by atoms with E-state index >= 15 is 0 Å². The van der Waals surface area contributed by atoms with Crippen LogP contribution in [0.1, 0.15) is 32.4 Å². The zero-order valence-electron chi connectivity index (χ0n) is 10.9. The maximum absolute atomic E-state index is 6.17. The predicted molar refractivity (Wildman–Crippen MR) is 75.3 cm³/mol. The van der Waals surface area contributed by atoms with Gasteiger partial charge < -0.3 is 11.1 Å². The van der Waals surface area contributed by atoms with E-state index in [2.05, 4.69) is 32.2 Å². The second-order valence-corrected chi connectivity index (χ2v) is 5.30. The molecule has 2 nitrogen and oxygen atoms in total. The molecule has 1 rings (SSSR count). The van der Waals surface area contributed by atoms with Crippen LogP contribution in [0.5, 0.6) is 0 Å². The van der Waals surface area contributed by atoms with E-state index in [9.17, 15) is 0 Å². The molecular formula is C14H23ClN2. The van der Waals surface area contributed by atoms with Gasteiger partial charge in [-0.1, -0.05) is 43.6 Å². The molecular weight excluding hydrogens is 232 g/mol. The fourth-order valence-corrected chi connectivity index (χ4v) is 2.15. The number of halogens is 1. The van der Waals surface area contributed by atoms with Gasteiger partial charge in [0.1, 0.15) is 0 Å². The Morgan fingerprint density at radius 3 is 2.41 bits per heavy atom. The summed E-state index contributed by atoms with van der Waals surface area (Å²) >= 11 is 6.17. The fraction of sp³-hybridized carbons (Fsp3) is 0.571. The van der Waals surface area contributed by atoms with Crippen molar-refractivity contribution < 1.29 is 0 Å². The summed E-state index contributed by atoms with van der Waals surface area (Å²) in [6.45, 7) is 8.20. The summed E-state index contributed by atoms with van der Waals surface area (Å²) in [6, 6.07) is 8.22. The first kappa shape index (κ1) is 14.5. The van der Waals surface area contributed by atoms with E-state index in [1.165, 1.54) is 0 Å². The quantitative estimate of drug-likeness (QED) is 0.818. The molecule has 0 aromatic heterocycles. The monoisotopic (exact) mass is 254 g/mol. The normalized spacial score (nSPS) is 14.9. The highest BCUT2D eigenvalue weighted by atomic mass is 35.5. The van der Waals surface area contributed by atoms with Crippen LogP contribution in [0.15, 0.2) is 24.3 Å². The Morgan fingerprint density at radius 2 is 1.88 bits per heavy atom. The van der Waals surface area contributed by atoms with Gasteiger partial charge in [-0.05, 0) is 43.5 Å². The van der Waals surface area contributed by atoms with Crippen LogP contribution in [0.4, 0.5) is 0 Å². The predicted octanol–water partition coefficient (Wildman–Crippen LogP) is 3.22. The fourth-order valence-electron chi connectivity index (χ4n) is 1.86. The maximum Gasteiger partial charge on any atom is 0.0453 e. The molecule has 0 heterocycles. The third-order valence-corrected chi connectivity index (χ3v) is 3.65. The van der Waals surface area contributed by atoms with Crippen molar-refractivity contribution in [2.24, 2.45) is 17.6 Å². The molecule has 0 fully saturated rings. The zero-order chi connectivity index (χ0) is 12.8. The third-order valence-electron chi connectivity index (χ3n) is 3.30. The third kappa shape index (κ3) is 4.30. The first-order valence-electron chi connectivity index (χ1n) is 6.24. The second kappa shape index (κ2) is 7.00. The lowest BCUT2D eigenvalue weighted by Crippen LogP contribution is -2.33. The van der Waals surface area contributed by atoms with Crippen molar-refractivity contribution in [2.45, 2.75) is 26.8 Å². The Labute approximate surface area is 110 Å². The number of nitrogens with one attached hydrogen (secondary N) is 1. The molecule has 0 amide bonds. The Balaban J connectivity index is 2.55. The van der Waals surface area contributed by atoms with Crippen molar-refractivity contribution in [3.8, 4) is 0 Å². The Kier molecular flexibility index (Phi) is 5.96. The standard InChI is InChI=1S/C14H23ClN2/c1-10(2)12(8-16)9-17-11(3)13-6-4-5-7-14(13)15/h4-7,10-12,17H,8-9,16H2,1-3H3/t11-,12?/m1/s1. The SMILES string of the molecule is CC(C)C(CN)CN[C@H](C)c1ccccc1Cl. The summed E-state index contributed by atoms with van der Waals surface area (Å²) in [5.74, 6) is 1.12. The average Bonchev–Trinajstić information content (AvgIpc) is 2.29. The Morgan fingerprint density at radius 1 is 1.24 bits per heavy atom. The summed E-state index contributed by atoms with van der Waals surface area (Å²) < 4.78 is 0. The van der Waals surface area contributed by atoms with Crippen LogP contribution in [-0.2, 0) is 0 Å². The molecule has 3 heteroatoms. The molecule has 0 bridgehead atoms. The highest BCUT2D eigenvalue weighted by Gasteiger charge is 2.14. The molecule has 0 aliphatic rings. The van der Waals surface area contributed by atoms with Crippen molar-refractivity contribution in [3.63, 3.8) is 0 Å². The molecule has 0 aliphatic heterocycles. The lowest BCUT2D eigenvalue weighted by atomic mass is 9.95. The van der Waals surface area contributed by atoms with E-state index in [0.29, 0.717) is 11.8 Å². The number of hydrogen-bond donors (Lipinski definition) is 2. The smallest absolute Gasteiger partial charge is 0.0453 e. The second-order valence-electron chi connectivity index (χ2n) is 4.89. The molecule has 96 valence electrons. The van der Waals surface area contributed by atoms with Crippen LogP contribution in [0.2, 0.25) is 5.02 Å².